The van der Waals surface area contributed by atoms with Gasteiger partial charge in [-0.05, 0) is 69.4 Å². The molecule has 1 aromatic carbocycles. The lowest BCUT2D eigenvalue weighted by Gasteiger charge is -2.08. The van der Waals surface area contributed by atoms with Gasteiger partial charge in [-0.2, -0.15) is 0 Å². The van der Waals surface area contributed by atoms with E-state index in [-0.39, 0.29) is 12.2 Å². The Morgan fingerprint density at radius 1 is 1.23 bits per heavy atom. The molecule has 0 aliphatic rings. The monoisotopic (exact) mass is 303 g/mol. The molecule has 0 unspecified atom stereocenters. The van der Waals surface area contributed by atoms with Crippen LogP contribution in [-0.4, -0.2) is 22.8 Å². The zero-order valence-electron chi connectivity index (χ0n) is 13.5. The summed E-state index contributed by atoms with van der Waals surface area (Å²) in [7, 11) is 0. The van der Waals surface area contributed by atoms with Crippen LogP contribution >= 0.6 is 0 Å². The summed E-state index contributed by atoms with van der Waals surface area (Å²) >= 11 is 0. The molecular formula is C18H25NO3. The Kier molecular flexibility index (Phi) is 6.86. The molecule has 4 nitrogen and oxygen atoms in total. The van der Waals surface area contributed by atoms with E-state index in [0.29, 0.717) is 12.1 Å². The molecular weight excluding hydrogens is 278 g/mol. The van der Waals surface area contributed by atoms with Gasteiger partial charge in [0.15, 0.2) is 0 Å². The van der Waals surface area contributed by atoms with Gasteiger partial charge < -0.3 is 15.9 Å². The maximum Gasteiger partial charge on any atom is 0.335 e. The van der Waals surface area contributed by atoms with E-state index in [9.17, 15) is 9.90 Å². The number of benzene rings is 1. The number of hydrogen-bond acceptors (Lipinski definition) is 3. The lowest BCUT2D eigenvalue weighted by atomic mass is 10.00. The number of carboxylic acids is 1. The number of hydrogen-bond donors (Lipinski definition) is 3. The van der Waals surface area contributed by atoms with Gasteiger partial charge in [0.25, 0.3) is 0 Å². The molecule has 0 aliphatic carbocycles. The van der Waals surface area contributed by atoms with Crippen LogP contribution in [-0.2, 0) is 6.42 Å². The Balaban J connectivity index is 2.82. The van der Waals surface area contributed by atoms with E-state index in [1.807, 2.05) is 6.08 Å². The van der Waals surface area contributed by atoms with Gasteiger partial charge in [0.2, 0.25) is 0 Å². The van der Waals surface area contributed by atoms with Crippen LogP contribution < -0.4 is 5.73 Å². The summed E-state index contributed by atoms with van der Waals surface area (Å²) in [5.74, 6) is -0.966. The quantitative estimate of drug-likeness (QED) is 0.531. The number of carboxylic acid groups (broad SMARTS) is 1. The normalized spacial score (nSPS) is 11.4. The molecule has 120 valence electrons. The maximum atomic E-state index is 11.0. The molecule has 0 atom stereocenters. The highest BCUT2D eigenvalue weighted by atomic mass is 16.4. The molecule has 0 heterocycles. The van der Waals surface area contributed by atoms with Crippen molar-refractivity contribution in [3.05, 3.63) is 52.1 Å². The largest absolute Gasteiger partial charge is 0.478 e. The zero-order chi connectivity index (χ0) is 16.7. The number of nitrogens with two attached hydrogens (primary N) is 1. The molecule has 1 aromatic rings. The van der Waals surface area contributed by atoms with E-state index in [4.69, 9.17) is 10.8 Å². The minimum Gasteiger partial charge on any atom is -0.478 e. The standard InChI is InChI=1S/C18H25NO3/c1-12(2)13(3)4-5-14(11-20)6-7-15-10-16(18(21)22)8-9-17(15)19/h6,8-10,20H,4-5,7,11,19H2,1-3H3,(H,21,22)/b14-6-. The fourth-order valence-electron chi connectivity index (χ4n) is 2.01. The minimum atomic E-state index is -0.966. The molecule has 0 fully saturated rings. The van der Waals surface area contributed by atoms with Crippen LogP contribution in [0.2, 0.25) is 0 Å². The number of carbonyl (C=O) groups is 1. The zero-order valence-corrected chi connectivity index (χ0v) is 13.5. The van der Waals surface area contributed by atoms with Gasteiger partial charge in [0.05, 0.1) is 12.2 Å². The van der Waals surface area contributed by atoms with Gasteiger partial charge in [0.1, 0.15) is 0 Å². The average molecular weight is 303 g/mol. The second-order valence-electron chi connectivity index (χ2n) is 5.72. The Morgan fingerprint density at radius 2 is 1.91 bits per heavy atom. The van der Waals surface area contributed by atoms with Crippen molar-refractivity contribution in [3.63, 3.8) is 0 Å². The van der Waals surface area contributed by atoms with Crippen LogP contribution in [0.5, 0.6) is 0 Å². The summed E-state index contributed by atoms with van der Waals surface area (Å²) < 4.78 is 0. The van der Waals surface area contributed by atoms with Crippen LogP contribution in [0.25, 0.3) is 0 Å². The van der Waals surface area contributed by atoms with Crippen molar-refractivity contribution in [2.75, 3.05) is 12.3 Å². The fraction of sp³-hybridized carbons (Fsp3) is 0.389. The molecule has 0 aromatic heterocycles. The summed E-state index contributed by atoms with van der Waals surface area (Å²) in [6.07, 6.45) is 4.18. The lowest BCUT2D eigenvalue weighted by molar-refractivity contribution is 0.0697. The van der Waals surface area contributed by atoms with Crippen molar-refractivity contribution in [2.45, 2.75) is 40.0 Å². The van der Waals surface area contributed by atoms with Crippen LogP contribution in [0.1, 0.15) is 49.5 Å². The molecule has 0 aliphatic heterocycles. The first-order valence-corrected chi connectivity index (χ1v) is 7.38. The van der Waals surface area contributed by atoms with Crippen LogP contribution in [0.3, 0.4) is 0 Å². The molecule has 0 amide bonds. The highest BCUT2D eigenvalue weighted by Gasteiger charge is 2.06. The fourth-order valence-corrected chi connectivity index (χ4v) is 2.01. The molecule has 0 saturated heterocycles. The molecule has 22 heavy (non-hydrogen) atoms. The number of nitrogen functional groups attached to an aromatic ring is 1. The molecule has 1 rings (SSSR count). The number of aromatic carboxylic acids is 1. The predicted molar refractivity (Wildman–Crippen MR) is 90.0 cm³/mol. The predicted octanol–water partition coefficient (Wildman–Crippen LogP) is 3.56. The summed E-state index contributed by atoms with van der Waals surface area (Å²) in [5.41, 5.74) is 11.0. The molecule has 4 N–H and O–H groups in total. The van der Waals surface area contributed by atoms with E-state index < -0.39 is 5.97 Å². The Bertz CT molecular complexity index is 596. The van der Waals surface area contributed by atoms with Crippen molar-refractivity contribution in [1.29, 1.82) is 0 Å². The van der Waals surface area contributed by atoms with Crippen molar-refractivity contribution in [1.82, 2.24) is 0 Å². The highest BCUT2D eigenvalue weighted by molar-refractivity contribution is 5.88. The summed E-state index contributed by atoms with van der Waals surface area (Å²) in [6.45, 7) is 6.26. The molecule has 0 bridgehead atoms. The third-order valence-electron chi connectivity index (χ3n) is 3.88. The smallest absolute Gasteiger partial charge is 0.335 e. The summed E-state index contributed by atoms with van der Waals surface area (Å²) in [5, 5.41) is 18.5. The van der Waals surface area contributed by atoms with E-state index in [1.54, 1.807) is 12.1 Å². The molecule has 0 radical (unpaired) electrons. The molecule has 0 saturated carbocycles. The maximum absolute atomic E-state index is 11.0. The lowest BCUT2D eigenvalue weighted by Crippen LogP contribution is -2.01. The van der Waals surface area contributed by atoms with E-state index in [2.05, 4.69) is 20.8 Å². The third-order valence-corrected chi connectivity index (χ3v) is 3.88. The van der Waals surface area contributed by atoms with Gasteiger partial charge in [-0.1, -0.05) is 17.2 Å². The van der Waals surface area contributed by atoms with Gasteiger partial charge in [0, 0.05) is 5.69 Å². The summed E-state index contributed by atoms with van der Waals surface area (Å²) in [6, 6.07) is 4.69. The van der Waals surface area contributed by atoms with Crippen LogP contribution in [0, 0.1) is 0 Å². The second-order valence-corrected chi connectivity index (χ2v) is 5.72. The van der Waals surface area contributed by atoms with Crippen LogP contribution in [0.15, 0.2) is 41.0 Å². The van der Waals surface area contributed by atoms with Gasteiger partial charge in [-0.25, -0.2) is 4.79 Å². The first kappa shape index (κ1) is 18.0. The van der Waals surface area contributed by atoms with Crippen LogP contribution in [0.4, 0.5) is 5.69 Å². The SMILES string of the molecule is CC(C)=C(C)CC/C(=C/Cc1cc(C(=O)O)ccc1N)CO. The van der Waals surface area contributed by atoms with E-state index >= 15 is 0 Å². The van der Waals surface area contributed by atoms with E-state index in [0.717, 1.165) is 24.0 Å². The first-order chi connectivity index (χ1) is 10.3. The number of aliphatic hydroxyl groups is 1. The van der Waals surface area contributed by atoms with Crippen molar-refractivity contribution in [2.24, 2.45) is 0 Å². The number of allylic oxidation sites excluding steroid dienone is 3. The average Bonchev–Trinajstić information content (AvgIpc) is 2.48. The minimum absolute atomic E-state index is 0.00850. The Labute approximate surface area is 132 Å². The van der Waals surface area contributed by atoms with Gasteiger partial charge in [-0.15, -0.1) is 0 Å². The summed E-state index contributed by atoms with van der Waals surface area (Å²) in [4.78, 5) is 11.0. The molecule has 0 spiro atoms. The second kappa shape index (κ2) is 8.39. The number of rotatable bonds is 7. The van der Waals surface area contributed by atoms with Gasteiger partial charge >= 0.3 is 5.97 Å². The third kappa shape index (κ3) is 5.37. The van der Waals surface area contributed by atoms with E-state index in [1.165, 1.54) is 17.2 Å². The van der Waals surface area contributed by atoms with Crippen molar-refractivity contribution >= 4 is 11.7 Å². The van der Waals surface area contributed by atoms with Crippen molar-refractivity contribution < 1.29 is 15.0 Å². The number of anilines is 1. The first-order valence-electron chi connectivity index (χ1n) is 7.38. The number of aliphatic hydroxyl groups excluding tert-OH is 1. The van der Waals surface area contributed by atoms with Gasteiger partial charge in [-0.3, -0.25) is 0 Å². The topological polar surface area (TPSA) is 83.5 Å². The molecule has 4 heteroatoms. The highest BCUT2D eigenvalue weighted by Crippen LogP contribution is 2.18. The Hall–Kier alpha value is -2.07. The Morgan fingerprint density at radius 3 is 2.45 bits per heavy atom. The van der Waals surface area contributed by atoms with Crippen molar-refractivity contribution in [3.8, 4) is 0 Å².